The highest BCUT2D eigenvalue weighted by Crippen LogP contribution is 2.38. The van der Waals surface area contributed by atoms with E-state index in [1.165, 1.54) is 6.42 Å². The summed E-state index contributed by atoms with van der Waals surface area (Å²) < 4.78 is 1.86. The molecule has 1 aromatic heterocycles. The van der Waals surface area contributed by atoms with Crippen LogP contribution in [-0.2, 0) is 3.42 Å². The van der Waals surface area contributed by atoms with E-state index in [0.717, 1.165) is 18.5 Å². The third-order valence-corrected chi connectivity index (χ3v) is 4.28. The molecule has 0 fully saturated rings. The van der Waals surface area contributed by atoms with Gasteiger partial charge >= 0.3 is 0 Å². The molecule has 13 heavy (non-hydrogen) atoms. The number of hydrogen-bond acceptors (Lipinski definition) is 2. The molecule has 0 aliphatic heterocycles. The van der Waals surface area contributed by atoms with Crippen LogP contribution in [0.15, 0.2) is 6.20 Å². The van der Waals surface area contributed by atoms with Gasteiger partial charge in [0.05, 0.1) is 15.3 Å². The van der Waals surface area contributed by atoms with Gasteiger partial charge in [0.2, 0.25) is 0 Å². The maximum absolute atomic E-state index is 4.16. The van der Waals surface area contributed by atoms with E-state index >= 15 is 0 Å². The number of nitrogens with zero attached hydrogens (tertiary/aromatic N) is 3. The predicted octanol–water partition coefficient (Wildman–Crippen LogP) is 2.76. The van der Waals surface area contributed by atoms with E-state index in [2.05, 4.69) is 56.1 Å². The number of hydrogen-bond donors (Lipinski definition) is 0. The molecule has 0 saturated heterocycles. The van der Waals surface area contributed by atoms with Crippen molar-refractivity contribution in [2.75, 3.05) is 0 Å². The molecule has 0 amide bonds. The average molecular weight is 311 g/mol. The van der Waals surface area contributed by atoms with Crippen LogP contribution in [0.2, 0.25) is 0 Å². The zero-order chi connectivity index (χ0) is 9.90. The van der Waals surface area contributed by atoms with Gasteiger partial charge < -0.3 is 0 Å². The van der Waals surface area contributed by atoms with Gasteiger partial charge in [-0.3, -0.25) is 0 Å². The summed E-state index contributed by atoms with van der Waals surface area (Å²) in [7, 11) is 2.50. The van der Waals surface area contributed by atoms with Crippen molar-refractivity contribution in [1.82, 2.24) is 14.8 Å². The number of halogens is 1. The van der Waals surface area contributed by atoms with Crippen molar-refractivity contribution in [3.05, 3.63) is 11.9 Å². The van der Waals surface area contributed by atoms with Crippen molar-refractivity contribution in [2.24, 2.45) is 0 Å². The van der Waals surface area contributed by atoms with Gasteiger partial charge in [-0.05, 0) is 22.2 Å². The minimum atomic E-state index is 0.168. The second-order valence-corrected chi connectivity index (χ2v) is 5.75. The molecular formula is C8H15IN3P. The average Bonchev–Trinajstić information content (AvgIpc) is 2.52. The predicted molar refractivity (Wildman–Crippen MR) is 66.0 cm³/mol. The quantitative estimate of drug-likeness (QED) is 0.486. The highest BCUT2D eigenvalue weighted by molar-refractivity contribution is 14.1. The van der Waals surface area contributed by atoms with Crippen LogP contribution >= 0.6 is 32.0 Å². The van der Waals surface area contributed by atoms with Gasteiger partial charge in [0.1, 0.15) is 0 Å². The molecule has 74 valence electrons. The molecule has 0 bridgehead atoms. The summed E-state index contributed by atoms with van der Waals surface area (Å²) in [5, 5.41) is 8.10. The Kier molecular flexibility index (Phi) is 4.10. The van der Waals surface area contributed by atoms with E-state index in [4.69, 9.17) is 0 Å². The van der Waals surface area contributed by atoms with Crippen molar-refractivity contribution >= 4 is 32.0 Å². The number of rotatable bonds is 4. The standard InChI is InChI=1S/C8H15IN3P/c1-3-5-8(9,4-2)7-6-12(13)11-10-7/h6H,3-5,13H2,1-2H3. The van der Waals surface area contributed by atoms with E-state index < -0.39 is 0 Å². The lowest BCUT2D eigenvalue weighted by Gasteiger charge is -2.22. The molecule has 0 saturated carbocycles. The fraction of sp³-hybridized carbons (Fsp3) is 0.750. The topological polar surface area (TPSA) is 30.7 Å². The van der Waals surface area contributed by atoms with Gasteiger partial charge in [0, 0.05) is 0 Å². The molecule has 0 radical (unpaired) electrons. The molecule has 0 spiro atoms. The molecule has 0 aromatic carbocycles. The second kappa shape index (κ2) is 4.69. The van der Waals surface area contributed by atoms with Crippen LogP contribution in [0, 0.1) is 0 Å². The summed E-state index contributed by atoms with van der Waals surface area (Å²) >= 11 is 2.49. The van der Waals surface area contributed by atoms with E-state index in [9.17, 15) is 0 Å². The lowest BCUT2D eigenvalue weighted by Crippen LogP contribution is -2.16. The summed E-state index contributed by atoms with van der Waals surface area (Å²) in [6.45, 7) is 4.40. The molecule has 0 aliphatic carbocycles. The maximum Gasteiger partial charge on any atom is 0.0989 e. The van der Waals surface area contributed by atoms with Crippen LogP contribution in [0.1, 0.15) is 38.8 Å². The summed E-state index contributed by atoms with van der Waals surface area (Å²) in [5.41, 5.74) is 1.09. The zero-order valence-electron chi connectivity index (χ0n) is 8.00. The molecule has 0 aliphatic rings. The van der Waals surface area contributed by atoms with E-state index in [0.29, 0.717) is 0 Å². The van der Waals surface area contributed by atoms with Crippen LogP contribution in [0.25, 0.3) is 0 Å². The lowest BCUT2D eigenvalue weighted by molar-refractivity contribution is 0.553. The molecule has 1 rings (SSSR count). The first-order valence-corrected chi connectivity index (χ1v) is 6.08. The Labute approximate surface area is 95.1 Å². The van der Waals surface area contributed by atoms with Gasteiger partial charge in [0.25, 0.3) is 0 Å². The Morgan fingerprint density at radius 3 is 2.69 bits per heavy atom. The van der Waals surface area contributed by atoms with Crippen molar-refractivity contribution in [1.29, 1.82) is 0 Å². The van der Waals surface area contributed by atoms with Gasteiger partial charge in [-0.15, -0.1) is 5.10 Å². The molecule has 5 heteroatoms. The molecule has 3 nitrogen and oxygen atoms in total. The van der Waals surface area contributed by atoms with E-state index in [-0.39, 0.29) is 3.42 Å². The van der Waals surface area contributed by atoms with Crippen LogP contribution in [0.3, 0.4) is 0 Å². The summed E-state index contributed by atoms with van der Waals surface area (Å²) in [5.74, 6) is 0. The molecule has 2 atom stereocenters. The first kappa shape index (κ1) is 11.4. The van der Waals surface area contributed by atoms with Crippen LogP contribution in [0.5, 0.6) is 0 Å². The van der Waals surface area contributed by atoms with Crippen molar-refractivity contribution in [3.63, 3.8) is 0 Å². The van der Waals surface area contributed by atoms with Gasteiger partial charge in [-0.1, -0.05) is 48.1 Å². The molecular weight excluding hydrogens is 296 g/mol. The van der Waals surface area contributed by atoms with Gasteiger partial charge in [0.15, 0.2) is 0 Å². The van der Waals surface area contributed by atoms with Crippen LogP contribution in [0.4, 0.5) is 0 Å². The van der Waals surface area contributed by atoms with Crippen LogP contribution in [-0.4, -0.2) is 14.8 Å². The third-order valence-electron chi connectivity index (χ3n) is 2.18. The summed E-state index contributed by atoms with van der Waals surface area (Å²) in [6.07, 6.45) is 5.43. The van der Waals surface area contributed by atoms with Crippen molar-refractivity contribution in [3.8, 4) is 0 Å². The Bertz CT molecular complexity index is 276. The first-order valence-electron chi connectivity index (χ1n) is 4.49. The highest BCUT2D eigenvalue weighted by atomic mass is 127. The van der Waals surface area contributed by atoms with Crippen molar-refractivity contribution in [2.45, 2.75) is 36.5 Å². The number of aromatic nitrogens is 3. The molecule has 1 aromatic rings. The highest BCUT2D eigenvalue weighted by Gasteiger charge is 2.28. The molecule has 1 heterocycles. The minimum Gasteiger partial charge on any atom is -0.238 e. The molecule has 0 N–H and O–H groups in total. The molecule has 2 unspecified atom stereocenters. The zero-order valence-corrected chi connectivity index (χ0v) is 11.3. The first-order chi connectivity index (χ1) is 6.12. The third kappa shape index (κ3) is 2.62. The Balaban J connectivity index is 2.88. The Morgan fingerprint density at radius 1 is 1.62 bits per heavy atom. The largest absolute Gasteiger partial charge is 0.238 e. The summed E-state index contributed by atoms with van der Waals surface area (Å²) in [4.78, 5) is 0. The van der Waals surface area contributed by atoms with Gasteiger partial charge in [-0.2, -0.15) is 0 Å². The fourth-order valence-corrected chi connectivity index (χ4v) is 2.34. The van der Waals surface area contributed by atoms with E-state index in [1.54, 1.807) is 4.45 Å². The number of alkyl halides is 1. The second-order valence-electron chi connectivity index (χ2n) is 3.15. The van der Waals surface area contributed by atoms with Crippen LogP contribution < -0.4 is 0 Å². The normalized spacial score (nSPS) is 15.7. The minimum absolute atomic E-state index is 0.168. The van der Waals surface area contributed by atoms with E-state index in [1.807, 2.05) is 6.20 Å². The Hall–Kier alpha value is 0.300. The van der Waals surface area contributed by atoms with Gasteiger partial charge in [-0.25, -0.2) is 4.45 Å². The Morgan fingerprint density at radius 2 is 2.31 bits per heavy atom. The smallest absolute Gasteiger partial charge is 0.0989 e. The SMILES string of the molecule is CCCC(I)(CC)c1cn(P)nn1. The fourth-order valence-electron chi connectivity index (χ4n) is 1.36. The maximum atomic E-state index is 4.16. The lowest BCUT2D eigenvalue weighted by atomic mass is 9.98. The monoisotopic (exact) mass is 311 g/mol. The summed E-state index contributed by atoms with van der Waals surface area (Å²) in [6, 6.07) is 0. The van der Waals surface area contributed by atoms with Crippen molar-refractivity contribution < 1.29 is 0 Å².